The van der Waals surface area contributed by atoms with E-state index in [4.69, 9.17) is 26.4 Å². The highest BCUT2D eigenvalue weighted by Gasteiger charge is 2.61. The number of nitrogens with zero attached hydrogens (tertiary/aromatic N) is 4. The fourth-order valence-electron chi connectivity index (χ4n) is 7.86. The monoisotopic (exact) mass is 675 g/mol. The Labute approximate surface area is 277 Å². The zero-order valence-electron chi connectivity index (χ0n) is 26.5. The molecule has 4 heterocycles. The van der Waals surface area contributed by atoms with Gasteiger partial charge in [0.1, 0.15) is 12.7 Å². The number of rotatable bonds is 6. The first-order valence-electron chi connectivity index (χ1n) is 15.9. The number of methoxy groups -OCH3 is 1. The zero-order valence-corrected chi connectivity index (χ0v) is 27.3. The Morgan fingerprint density at radius 1 is 1.23 bits per heavy atom. The Morgan fingerprint density at radius 2 is 2.02 bits per heavy atom. The van der Waals surface area contributed by atoms with E-state index in [1.54, 1.807) is 24.0 Å². The molecule has 2 saturated heterocycles. The van der Waals surface area contributed by atoms with Gasteiger partial charge < -0.3 is 34.2 Å². The molecule has 1 aliphatic carbocycles. The number of hydrogen-bond acceptors (Lipinski definition) is 7. The van der Waals surface area contributed by atoms with Crippen molar-refractivity contribution in [2.24, 2.45) is 11.3 Å². The summed E-state index contributed by atoms with van der Waals surface area (Å²) in [6.07, 6.45) is -2.36. The Kier molecular flexibility index (Phi) is 9.64. The highest BCUT2D eigenvalue weighted by atomic mass is 32.1. The minimum Gasteiger partial charge on any atom is -0.445 e. The van der Waals surface area contributed by atoms with Crippen molar-refractivity contribution in [3.8, 4) is 0 Å². The van der Waals surface area contributed by atoms with Crippen molar-refractivity contribution in [2.75, 3.05) is 47.0 Å². The number of aromatic nitrogens is 1. The number of likely N-dealkylation sites (tertiary alicyclic amines) is 1. The lowest BCUT2D eigenvalue weighted by molar-refractivity contribution is -0.144. The van der Waals surface area contributed by atoms with Crippen LogP contribution in [0.15, 0.2) is 42.6 Å². The summed E-state index contributed by atoms with van der Waals surface area (Å²) in [4.78, 5) is 37.6. The van der Waals surface area contributed by atoms with Crippen LogP contribution in [-0.4, -0.2) is 102 Å². The third kappa shape index (κ3) is 6.64. The molecule has 3 aliphatic heterocycles. The maximum atomic E-state index is 14.7. The van der Waals surface area contributed by atoms with Crippen LogP contribution in [0.5, 0.6) is 0 Å². The number of carbonyl (C=O) groups is 2. The van der Waals surface area contributed by atoms with Crippen LogP contribution in [0.25, 0.3) is 0 Å². The molecule has 1 N–H and O–H groups in total. The molecule has 5 atom stereocenters. The molecule has 2 aromatic rings. The largest absolute Gasteiger partial charge is 0.445 e. The SMILES string of the molecule is CNC(=S)N(C1CCOCC1OC)[C@@H]1C[C@H]2CN(C(=O)OCc3ccccc3)C[C@@]2(C(=O)N2CCc3ncc(C(F)(F)F)cc3C2)C1. The second kappa shape index (κ2) is 13.6. The Hall–Kier alpha value is -3.49. The second-order valence-electron chi connectivity index (χ2n) is 12.8. The molecule has 1 saturated carbocycles. The van der Waals surface area contributed by atoms with E-state index in [1.807, 2.05) is 30.3 Å². The number of benzene rings is 1. The number of halogens is 3. The van der Waals surface area contributed by atoms with Gasteiger partial charge in [-0.05, 0) is 54.6 Å². The maximum absolute atomic E-state index is 14.7. The van der Waals surface area contributed by atoms with Gasteiger partial charge in [0.05, 0.1) is 23.6 Å². The van der Waals surface area contributed by atoms with Crippen molar-refractivity contribution in [1.29, 1.82) is 0 Å². The molecule has 0 spiro atoms. The zero-order chi connectivity index (χ0) is 33.3. The molecule has 47 heavy (non-hydrogen) atoms. The molecule has 6 rings (SSSR count). The van der Waals surface area contributed by atoms with Crippen LogP contribution in [0.2, 0.25) is 0 Å². The highest BCUT2D eigenvalue weighted by Crippen LogP contribution is 2.52. The fraction of sp³-hybridized carbons (Fsp3) is 0.576. The number of pyridine rings is 1. The topological polar surface area (TPSA) is 96.5 Å². The minimum absolute atomic E-state index is 0.0209. The van der Waals surface area contributed by atoms with Gasteiger partial charge in [-0.2, -0.15) is 13.2 Å². The lowest BCUT2D eigenvalue weighted by Crippen LogP contribution is -2.58. The number of amides is 2. The summed E-state index contributed by atoms with van der Waals surface area (Å²) in [6.45, 7) is 1.89. The molecule has 1 aromatic heterocycles. The van der Waals surface area contributed by atoms with Gasteiger partial charge in [0, 0.05) is 71.3 Å². The van der Waals surface area contributed by atoms with Crippen LogP contribution in [0, 0.1) is 11.3 Å². The summed E-state index contributed by atoms with van der Waals surface area (Å²) in [5.74, 6) is -0.384. The Balaban J connectivity index is 1.28. The van der Waals surface area contributed by atoms with Gasteiger partial charge in [-0.25, -0.2) is 4.79 Å². The smallest absolute Gasteiger partial charge is 0.417 e. The third-order valence-corrected chi connectivity index (χ3v) is 10.6. The van der Waals surface area contributed by atoms with Gasteiger partial charge >= 0.3 is 12.3 Å². The molecule has 1 aromatic carbocycles. The summed E-state index contributed by atoms with van der Waals surface area (Å²) in [5.41, 5.74) is -0.00426. The van der Waals surface area contributed by atoms with E-state index in [9.17, 15) is 22.8 Å². The van der Waals surface area contributed by atoms with Crippen LogP contribution in [0.3, 0.4) is 0 Å². The van der Waals surface area contributed by atoms with E-state index in [-0.39, 0.29) is 49.7 Å². The van der Waals surface area contributed by atoms with Gasteiger partial charge in [0.15, 0.2) is 5.11 Å². The van der Waals surface area contributed by atoms with Crippen molar-refractivity contribution in [3.05, 3.63) is 65.0 Å². The van der Waals surface area contributed by atoms with Crippen molar-refractivity contribution in [2.45, 2.75) is 63.2 Å². The molecule has 4 aliphatic rings. The van der Waals surface area contributed by atoms with Gasteiger partial charge in [-0.15, -0.1) is 0 Å². The third-order valence-electron chi connectivity index (χ3n) is 10.2. The maximum Gasteiger partial charge on any atom is 0.417 e. The van der Waals surface area contributed by atoms with Crippen LogP contribution in [-0.2, 0) is 44.8 Å². The number of nitrogens with one attached hydrogen (secondary N) is 1. The summed E-state index contributed by atoms with van der Waals surface area (Å²) in [7, 11) is 3.42. The van der Waals surface area contributed by atoms with Gasteiger partial charge in [0.2, 0.25) is 5.91 Å². The first-order chi connectivity index (χ1) is 22.5. The average Bonchev–Trinajstić information content (AvgIpc) is 3.62. The number of fused-ring (bicyclic) bond motifs is 2. The summed E-state index contributed by atoms with van der Waals surface area (Å²) < 4.78 is 57.8. The lowest BCUT2D eigenvalue weighted by Gasteiger charge is -2.44. The molecule has 2 unspecified atom stereocenters. The predicted octanol–water partition coefficient (Wildman–Crippen LogP) is 4.01. The molecule has 254 valence electrons. The fourth-order valence-corrected chi connectivity index (χ4v) is 8.14. The van der Waals surface area contributed by atoms with Crippen LogP contribution >= 0.6 is 12.2 Å². The minimum atomic E-state index is -4.54. The molecule has 0 radical (unpaired) electrons. The quantitative estimate of drug-likeness (QED) is 0.456. The van der Waals surface area contributed by atoms with Crippen molar-refractivity contribution >= 4 is 29.3 Å². The molecule has 3 fully saturated rings. The average molecular weight is 676 g/mol. The summed E-state index contributed by atoms with van der Waals surface area (Å²) >= 11 is 5.83. The summed E-state index contributed by atoms with van der Waals surface area (Å²) in [5, 5.41) is 3.67. The number of hydrogen-bond donors (Lipinski definition) is 1. The number of thiocarbonyl (C=S) groups is 1. The Morgan fingerprint density at radius 3 is 2.74 bits per heavy atom. The predicted molar refractivity (Wildman–Crippen MR) is 169 cm³/mol. The van der Waals surface area contributed by atoms with Crippen molar-refractivity contribution in [1.82, 2.24) is 25.0 Å². The summed E-state index contributed by atoms with van der Waals surface area (Å²) in [6, 6.07) is 10.3. The Bertz CT molecular complexity index is 1480. The molecule has 14 heteroatoms. The first-order valence-corrected chi connectivity index (χ1v) is 16.4. The first kappa shape index (κ1) is 33.4. The number of alkyl halides is 3. The number of carbonyl (C=O) groups excluding carboxylic acids is 2. The van der Waals surface area contributed by atoms with Crippen LogP contribution in [0.4, 0.5) is 18.0 Å². The van der Waals surface area contributed by atoms with Gasteiger partial charge in [-0.1, -0.05) is 30.3 Å². The van der Waals surface area contributed by atoms with E-state index < -0.39 is 23.2 Å². The van der Waals surface area contributed by atoms with Crippen molar-refractivity contribution in [3.63, 3.8) is 0 Å². The van der Waals surface area contributed by atoms with Crippen molar-refractivity contribution < 1.29 is 37.0 Å². The van der Waals surface area contributed by atoms with Gasteiger partial charge in [-0.3, -0.25) is 9.78 Å². The molecule has 10 nitrogen and oxygen atoms in total. The molecule has 2 amide bonds. The number of ether oxygens (including phenoxy) is 3. The normalized spacial score (nSPS) is 27.2. The van der Waals surface area contributed by atoms with E-state index in [0.29, 0.717) is 68.4 Å². The highest BCUT2D eigenvalue weighted by molar-refractivity contribution is 7.80. The standard InChI is InChI=1S/C33H40F3N5O5S/c1-37-30(47)41(27-9-11-45-19-28(27)44-2)25-13-24-17-40(31(43)46-18-21-6-4-3-5-7-21)20-32(24,14-25)29(42)39-10-8-26-22(16-39)12-23(15-38-26)33(34,35)36/h3-7,12,15,24-25,27-28H,8-11,13-14,16-20H2,1-2H3,(H,37,47)/t24-,25+,27?,28?,32-/m0/s1. The van der Waals surface area contributed by atoms with Crippen LogP contribution in [0.1, 0.15) is 41.6 Å². The van der Waals surface area contributed by atoms with E-state index >= 15 is 0 Å². The molecule has 0 bridgehead atoms. The second-order valence-corrected chi connectivity index (χ2v) is 13.2. The van der Waals surface area contributed by atoms with Gasteiger partial charge in [0.25, 0.3) is 0 Å². The van der Waals surface area contributed by atoms with Crippen LogP contribution < -0.4 is 5.32 Å². The molecular weight excluding hydrogens is 635 g/mol. The lowest BCUT2D eigenvalue weighted by atomic mass is 9.78. The van der Waals surface area contributed by atoms with E-state index in [1.165, 1.54) is 0 Å². The van der Waals surface area contributed by atoms with E-state index in [0.717, 1.165) is 17.8 Å². The van der Waals surface area contributed by atoms with E-state index in [2.05, 4.69) is 15.2 Å². The molecular formula is C33H40F3N5O5S.